The van der Waals surface area contributed by atoms with Crippen molar-refractivity contribution >= 4 is 11.7 Å². The standard InChI is InChI=1S/C10H8N2O4/c1-6-4-7(12(15)16)2-3-8(6)9(5-11)10(13)14/h2-4,9H,1H3,(H,13,14)/p-1. The van der Waals surface area contributed by atoms with Gasteiger partial charge in [0.15, 0.2) is 0 Å². The fourth-order valence-electron chi connectivity index (χ4n) is 1.35. The van der Waals surface area contributed by atoms with Crippen LogP contribution >= 0.6 is 0 Å². The first-order valence-electron chi connectivity index (χ1n) is 4.32. The van der Waals surface area contributed by atoms with Crippen LogP contribution in [-0.4, -0.2) is 10.9 Å². The van der Waals surface area contributed by atoms with Crippen molar-refractivity contribution in [2.45, 2.75) is 12.8 Å². The number of nitro groups is 1. The smallest absolute Gasteiger partial charge is 0.269 e. The number of rotatable bonds is 3. The Balaban J connectivity index is 3.23. The Morgan fingerprint density at radius 3 is 2.56 bits per heavy atom. The van der Waals surface area contributed by atoms with Crippen LogP contribution in [0.2, 0.25) is 0 Å². The van der Waals surface area contributed by atoms with Gasteiger partial charge >= 0.3 is 0 Å². The average Bonchev–Trinajstić information content (AvgIpc) is 2.20. The second-order valence-electron chi connectivity index (χ2n) is 3.18. The third-order valence-corrected chi connectivity index (χ3v) is 2.14. The number of benzene rings is 1. The maximum atomic E-state index is 10.6. The second-order valence-corrected chi connectivity index (χ2v) is 3.18. The molecule has 0 bridgehead atoms. The maximum Gasteiger partial charge on any atom is 0.269 e. The number of carbonyl (C=O) groups excluding carboxylic acids is 1. The van der Waals surface area contributed by atoms with Crippen molar-refractivity contribution < 1.29 is 14.8 Å². The first kappa shape index (κ1) is 11.7. The maximum absolute atomic E-state index is 10.6. The number of nitrogens with zero attached hydrogens (tertiary/aromatic N) is 2. The van der Waals surface area contributed by atoms with E-state index in [-0.39, 0.29) is 11.3 Å². The van der Waals surface area contributed by atoms with E-state index in [1.165, 1.54) is 19.1 Å². The van der Waals surface area contributed by atoms with Crippen LogP contribution in [0.25, 0.3) is 0 Å². The number of non-ortho nitro benzene ring substituents is 1. The zero-order valence-electron chi connectivity index (χ0n) is 8.34. The van der Waals surface area contributed by atoms with Gasteiger partial charge in [0.05, 0.1) is 17.0 Å². The Hall–Kier alpha value is -2.42. The summed E-state index contributed by atoms with van der Waals surface area (Å²) in [5, 5.41) is 29.7. The molecule has 0 radical (unpaired) electrons. The molecule has 1 rings (SSSR count). The molecule has 0 aliphatic carbocycles. The molecule has 0 heterocycles. The van der Waals surface area contributed by atoms with E-state index in [0.717, 1.165) is 6.07 Å². The average molecular weight is 219 g/mol. The molecule has 1 unspecified atom stereocenters. The van der Waals surface area contributed by atoms with E-state index in [2.05, 4.69) is 0 Å². The van der Waals surface area contributed by atoms with Gasteiger partial charge in [-0.25, -0.2) is 0 Å². The summed E-state index contributed by atoms with van der Waals surface area (Å²) in [6, 6.07) is 5.22. The van der Waals surface area contributed by atoms with Crippen molar-refractivity contribution in [2.24, 2.45) is 0 Å². The lowest BCUT2D eigenvalue weighted by atomic mass is 9.96. The molecule has 1 atom stereocenters. The molecule has 0 saturated carbocycles. The summed E-state index contributed by atoms with van der Waals surface area (Å²) in [6.07, 6.45) is 0. The third kappa shape index (κ3) is 2.15. The highest BCUT2D eigenvalue weighted by molar-refractivity contribution is 5.78. The number of hydrogen-bond acceptors (Lipinski definition) is 5. The van der Waals surface area contributed by atoms with Crippen LogP contribution in [0.5, 0.6) is 0 Å². The van der Waals surface area contributed by atoms with Gasteiger partial charge in [-0.1, -0.05) is 6.07 Å². The Labute approximate surface area is 90.9 Å². The van der Waals surface area contributed by atoms with E-state index in [1.807, 2.05) is 0 Å². The largest absolute Gasteiger partial charge is 0.548 e. The minimum Gasteiger partial charge on any atom is -0.548 e. The van der Waals surface area contributed by atoms with Crippen molar-refractivity contribution in [1.82, 2.24) is 0 Å². The fraction of sp³-hybridized carbons (Fsp3) is 0.200. The van der Waals surface area contributed by atoms with Gasteiger partial charge in [0.2, 0.25) is 0 Å². The summed E-state index contributed by atoms with van der Waals surface area (Å²) in [5.41, 5.74) is 0.453. The van der Waals surface area contributed by atoms with Gasteiger partial charge in [-0.3, -0.25) is 10.1 Å². The van der Waals surface area contributed by atoms with E-state index in [1.54, 1.807) is 6.07 Å². The third-order valence-electron chi connectivity index (χ3n) is 2.14. The second kappa shape index (κ2) is 4.40. The first-order chi connectivity index (χ1) is 7.47. The number of nitro benzene ring substituents is 1. The van der Waals surface area contributed by atoms with Crippen molar-refractivity contribution in [3.63, 3.8) is 0 Å². The predicted octanol–water partition coefficient (Wildman–Crippen LogP) is 0.260. The molecular formula is C10H7N2O4-. The Morgan fingerprint density at radius 2 is 2.19 bits per heavy atom. The summed E-state index contributed by atoms with van der Waals surface area (Å²) in [6.45, 7) is 1.51. The zero-order valence-corrected chi connectivity index (χ0v) is 8.34. The van der Waals surface area contributed by atoms with Crippen LogP contribution in [0.3, 0.4) is 0 Å². The van der Waals surface area contributed by atoms with Crippen LogP contribution in [0.4, 0.5) is 5.69 Å². The molecule has 0 aliphatic rings. The number of nitriles is 1. The minimum absolute atomic E-state index is 0.142. The molecule has 0 aromatic heterocycles. The predicted molar refractivity (Wildman–Crippen MR) is 51.2 cm³/mol. The van der Waals surface area contributed by atoms with Crippen molar-refractivity contribution in [2.75, 3.05) is 0 Å². The quantitative estimate of drug-likeness (QED) is 0.535. The van der Waals surface area contributed by atoms with Crippen LogP contribution in [0.15, 0.2) is 18.2 Å². The van der Waals surface area contributed by atoms with Crippen LogP contribution in [0.1, 0.15) is 17.0 Å². The summed E-state index contributed by atoms with van der Waals surface area (Å²) < 4.78 is 0. The van der Waals surface area contributed by atoms with Crippen molar-refractivity contribution in [1.29, 1.82) is 5.26 Å². The first-order valence-corrected chi connectivity index (χ1v) is 4.32. The fourth-order valence-corrected chi connectivity index (χ4v) is 1.35. The molecule has 16 heavy (non-hydrogen) atoms. The van der Waals surface area contributed by atoms with Crippen LogP contribution in [0, 0.1) is 28.4 Å². The van der Waals surface area contributed by atoms with E-state index in [9.17, 15) is 20.0 Å². The lowest BCUT2D eigenvalue weighted by molar-refractivity contribution is -0.384. The minimum atomic E-state index is -1.51. The van der Waals surface area contributed by atoms with Crippen molar-refractivity contribution in [3.8, 4) is 6.07 Å². The Kier molecular flexibility index (Phi) is 3.20. The number of carboxylic acids is 1. The van der Waals surface area contributed by atoms with Crippen LogP contribution in [-0.2, 0) is 4.79 Å². The summed E-state index contributed by atoms with van der Waals surface area (Å²) in [5.74, 6) is -2.92. The van der Waals surface area contributed by atoms with Gasteiger partial charge in [0.1, 0.15) is 5.92 Å². The molecule has 6 heteroatoms. The lowest BCUT2D eigenvalue weighted by Gasteiger charge is -2.12. The topological polar surface area (TPSA) is 107 Å². The van der Waals surface area contributed by atoms with Gasteiger partial charge in [-0.2, -0.15) is 5.26 Å². The van der Waals surface area contributed by atoms with E-state index < -0.39 is 16.8 Å². The van der Waals surface area contributed by atoms with E-state index in [4.69, 9.17) is 5.26 Å². The van der Waals surface area contributed by atoms with Gasteiger partial charge in [-0.05, 0) is 18.1 Å². The molecule has 0 fully saturated rings. The SMILES string of the molecule is Cc1cc([N+](=O)[O-])ccc1C(C#N)C(=O)[O-]. The summed E-state index contributed by atoms with van der Waals surface area (Å²) >= 11 is 0. The molecule has 1 aromatic rings. The Bertz CT molecular complexity index is 490. The monoisotopic (exact) mass is 219 g/mol. The molecule has 1 aromatic carbocycles. The van der Waals surface area contributed by atoms with Gasteiger partial charge in [-0.15, -0.1) is 0 Å². The number of carbonyl (C=O) groups is 1. The number of aryl methyl sites for hydroxylation is 1. The number of aliphatic carboxylic acids is 1. The lowest BCUT2D eigenvalue weighted by Crippen LogP contribution is -2.29. The highest BCUT2D eigenvalue weighted by atomic mass is 16.6. The zero-order chi connectivity index (χ0) is 12.3. The van der Waals surface area contributed by atoms with Gasteiger partial charge < -0.3 is 9.90 Å². The normalized spacial score (nSPS) is 11.5. The molecule has 0 amide bonds. The Morgan fingerprint density at radius 1 is 1.56 bits per heavy atom. The summed E-state index contributed by atoms with van der Waals surface area (Å²) in [7, 11) is 0. The van der Waals surface area contributed by atoms with Crippen LogP contribution < -0.4 is 5.11 Å². The van der Waals surface area contributed by atoms with E-state index in [0.29, 0.717) is 5.56 Å². The summed E-state index contributed by atoms with van der Waals surface area (Å²) in [4.78, 5) is 20.5. The molecule has 0 saturated heterocycles. The van der Waals surface area contributed by atoms with E-state index >= 15 is 0 Å². The molecule has 6 nitrogen and oxygen atoms in total. The van der Waals surface area contributed by atoms with Gasteiger partial charge in [0, 0.05) is 12.1 Å². The number of carboxylic acid groups (broad SMARTS) is 1. The number of hydrogen-bond donors (Lipinski definition) is 0. The highest BCUT2D eigenvalue weighted by Gasteiger charge is 2.16. The molecule has 0 aliphatic heterocycles. The highest BCUT2D eigenvalue weighted by Crippen LogP contribution is 2.23. The molecule has 0 N–H and O–H groups in total. The molecule has 82 valence electrons. The molecule has 0 spiro atoms. The molecular weight excluding hydrogens is 212 g/mol. The van der Waals surface area contributed by atoms with Crippen molar-refractivity contribution in [3.05, 3.63) is 39.4 Å². The van der Waals surface area contributed by atoms with Gasteiger partial charge in [0.25, 0.3) is 5.69 Å².